The highest BCUT2D eigenvalue weighted by Crippen LogP contribution is 2.29. The first kappa shape index (κ1) is 16.9. The number of nitrogens with two attached hydrogens (primary N) is 1. The molecule has 0 atom stereocenters. The van der Waals surface area contributed by atoms with E-state index >= 15 is 0 Å². The lowest BCUT2D eigenvalue weighted by Crippen LogP contribution is -2.43. The van der Waals surface area contributed by atoms with Gasteiger partial charge in [-0.15, -0.1) is 0 Å². The van der Waals surface area contributed by atoms with Gasteiger partial charge < -0.3 is 10.6 Å². The number of benzene rings is 2. The Kier molecular flexibility index (Phi) is 4.57. The summed E-state index contributed by atoms with van der Waals surface area (Å²) in [5, 5.41) is 0.853. The van der Waals surface area contributed by atoms with E-state index in [2.05, 4.69) is 21.8 Å². The fourth-order valence-electron chi connectivity index (χ4n) is 3.49. The molecule has 0 amide bonds. The van der Waals surface area contributed by atoms with Crippen LogP contribution in [0.5, 0.6) is 0 Å². The number of nitrogens with zero attached hydrogens (tertiary/aromatic N) is 3. The Bertz CT molecular complexity index is 932. The fraction of sp³-hybridized carbons (Fsp3) is 0.286. The van der Waals surface area contributed by atoms with Crippen LogP contribution in [0.1, 0.15) is 5.56 Å². The minimum absolute atomic E-state index is 0.196. The maximum atomic E-state index is 14.8. The van der Waals surface area contributed by atoms with Gasteiger partial charge in [0.05, 0.1) is 5.52 Å². The van der Waals surface area contributed by atoms with Crippen molar-refractivity contribution < 1.29 is 4.39 Å². The van der Waals surface area contributed by atoms with Crippen molar-refractivity contribution in [3.8, 4) is 11.1 Å². The van der Waals surface area contributed by atoms with Gasteiger partial charge in [-0.2, -0.15) is 0 Å². The molecule has 0 spiro atoms. The van der Waals surface area contributed by atoms with Gasteiger partial charge in [0, 0.05) is 55.6 Å². The van der Waals surface area contributed by atoms with Crippen molar-refractivity contribution in [1.82, 2.24) is 14.8 Å². The first-order valence-corrected chi connectivity index (χ1v) is 8.94. The van der Waals surface area contributed by atoms with E-state index in [1.54, 1.807) is 18.3 Å². The molecule has 0 radical (unpaired) electrons. The molecule has 2 aromatic carbocycles. The number of likely N-dealkylation sites (N-methyl/N-ethyl adjacent to an activating group) is 1. The number of hydrogen-bond donors (Lipinski definition) is 1. The molecule has 5 heteroatoms. The van der Waals surface area contributed by atoms with Crippen molar-refractivity contribution in [3.05, 3.63) is 60.0 Å². The summed E-state index contributed by atoms with van der Waals surface area (Å²) in [5.41, 5.74) is 9.94. The topological polar surface area (TPSA) is 45.4 Å². The van der Waals surface area contributed by atoms with Crippen molar-refractivity contribution in [3.63, 3.8) is 0 Å². The Morgan fingerprint density at radius 2 is 1.85 bits per heavy atom. The molecule has 26 heavy (non-hydrogen) atoms. The molecule has 0 aliphatic carbocycles. The maximum absolute atomic E-state index is 14.8. The summed E-state index contributed by atoms with van der Waals surface area (Å²) >= 11 is 0. The molecule has 2 N–H and O–H groups in total. The molecule has 1 aliphatic heterocycles. The average molecular weight is 350 g/mol. The van der Waals surface area contributed by atoms with Gasteiger partial charge in [0.2, 0.25) is 0 Å². The summed E-state index contributed by atoms with van der Waals surface area (Å²) in [5.74, 6) is -0.196. The fourth-order valence-corrected chi connectivity index (χ4v) is 3.49. The van der Waals surface area contributed by atoms with Gasteiger partial charge in [0.1, 0.15) is 5.82 Å². The first-order chi connectivity index (χ1) is 12.6. The molecular weight excluding hydrogens is 327 g/mol. The summed E-state index contributed by atoms with van der Waals surface area (Å²) in [7, 11) is 2.14. The third-order valence-electron chi connectivity index (χ3n) is 5.12. The Labute approximate surface area is 153 Å². The zero-order valence-corrected chi connectivity index (χ0v) is 15.0. The van der Waals surface area contributed by atoms with Crippen molar-refractivity contribution in [1.29, 1.82) is 0 Å². The third kappa shape index (κ3) is 3.41. The standard InChI is InChI=1S/C21H23FN4/c1-25-8-10-26(11-9-25)14-15-2-4-17(19(22)12-15)16-3-5-21-18(13-16)20(23)6-7-24-21/h2-7,12-13H,8-11,14H2,1H3,(H2,23,24). The second-order valence-corrected chi connectivity index (χ2v) is 7.03. The molecule has 0 unspecified atom stereocenters. The molecule has 1 aliphatic rings. The number of piperazine rings is 1. The van der Waals surface area contributed by atoms with E-state index < -0.39 is 0 Å². The maximum Gasteiger partial charge on any atom is 0.131 e. The van der Waals surface area contributed by atoms with Crippen LogP contribution in [0, 0.1) is 5.82 Å². The van der Waals surface area contributed by atoms with E-state index in [9.17, 15) is 4.39 Å². The van der Waals surface area contributed by atoms with Gasteiger partial charge in [-0.25, -0.2) is 4.39 Å². The lowest BCUT2D eigenvalue weighted by Gasteiger charge is -2.32. The number of nitrogen functional groups attached to an aromatic ring is 1. The molecular formula is C21H23FN4. The third-order valence-corrected chi connectivity index (χ3v) is 5.12. The van der Waals surface area contributed by atoms with E-state index in [1.807, 2.05) is 30.3 Å². The van der Waals surface area contributed by atoms with Crippen molar-refractivity contribution >= 4 is 16.6 Å². The van der Waals surface area contributed by atoms with Crippen LogP contribution in [-0.4, -0.2) is 48.0 Å². The summed E-state index contributed by atoms with van der Waals surface area (Å²) in [6.45, 7) is 4.97. The van der Waals surface area contributed by atoms with Gasteiger partial charge in [-0.1, -0.05) is 18.2 Å². The van der Waals surface area contributed by atoms with Crippen LogP contribution in [0.3, 0.4) is 0 Å². The van der Waals surface area contributed by atoms with Crippen LogP contribution in [0.2, 0.25) is 0 Å². The summed E-state index contributed by atoms with van der Waals surface area (Å²) in [6, 6.07) is 13.0. The summed E-state index contributed by atoms with van der Waals surface area (Å²) in [4.78, 5) is 8.99. The second-order valence-electron chi connectivity index (χ2n) is 7.03. The van der Waals surface area contributed by atoms with E-state index in [0.29, 0.717) is 11.3 Å². The van der Waals surface area contributed by atoms with Crippen LogP contribution in [-0.2, 0) is 6.54 Å². The number of pyridine rings is 1. The molecule has 3 aromatic rings. The molecule has 0 saturated carbocycles. The van der Waals surface area contributed by atoms with Crippen molar-refractivity contribution in [2.45, 2.75) is 6.54 Å². The number of anilines is 1. The monoisotopic (exact) mass is 350 g/mol. The largest absolute Gasteiger partial charge is 0.398 e. The predicted octanol–water partition coefficient (Wildman–Crippen LogP) is 3.37. The minimum Gasteiger partial charge on any atom is -0.398 e. The molecule has 1 aromatic heterocycles. The van der Waals surface area contributed by atoms with Crippen LogP contribution < -0.4 is 5.73 Å². The lowest BCUT2D eigenvalue weighted by atomic mass is 10.0. The highest BCUT2D eigenvalue weighted by Gasteiger charge is 2.15. The highest BCUT2D eigenvalue weighted by molar-refractivity contribution is 5.93. The number of aromatic nitrogens is 1. The zero-order valence-electron chi connectivity index (χ0n) is 15.0. The average Bonchev–Trinajstić information content (AvgIpc) is 2.64. The SMILES string of the molecule is CN1CCN(Cc2ccc(-c3ccc4nccc(N)c4c3)c(F)c2)CC1. The Balaban J connectivity index is 1.59. The van der Waals surface area contributed by atoms with E-state index in [4.69, 9.17) is 5.73 Å². The number of rotatable bonds is 3. The van der Waals surface area contributed by atoms with Crippen molar-refractivity contribution in [2.24, 2.45) is 0 Å². The van der Waals surface area contributed by atoms with Crippen LogP contribution in [0.4, 0.5) is 10.1 Å². The Morgan fingerprint density at radius 1 is 1.04 bits per heavy atom. The van der Waals surface area contributed by atoms with Gasteiger partial charge >= 0.3 is 0 Å². The predicted molar refractivity (Wildman–Crippen MR) is 104 cm³/mol. The van der Waals surface area contributed by atoms with Gasteiger partial charge in [-0.05, 0) is 42.4 Å². The minimum atomic E-state index is -0.196. The van der Waals surface area contributed by atoms with Crippen LogP contribution >= 0.6 is 0 Å². The van der Waals surface area contributed by atoms with E-state index in [1.165, 1.54) is 0 Å². The number of halogens is 1. The molecule has 4 rings (SSSR count). The van der Waals surface area contributed by atoms with Gasteiger partial charge in [0.15, 0.2) is 0 Å². The first-order valence-electron chi connectivity index (χ1n) is 8.94. The van der Waals surface area contributed by atoms with Crippen LogP contribution in [0.15, 0.2) is 48.7 Å². The molecule has 4 nitrogen and oxygen atoms in total. The highest BCUT2D eigenvalue weighted by atomic mass is 19.1. The van der Waals surface area contributed by atoms with E-state index in [0.717, 1.165) is 54.8 Å². The molecule has 134 valence electrons. The normalized spacial score (nSPS) is 16.2. The molecule has 0 bridgehead atoms. The molecule has 2 heterocycles. The van der Waals surface area contributed by atoms with Crippen LogP contribution in [0.25, 0.3) is 22.0 Å². The van der Waals surface area contributed by atoms with Gasteiger partial charge in [0.25, 0.3) is 0 Å². The zero-order chi connectivity index (χ0) is 18.1. The Hall–Kier alpha value is -2.50. The lowest BCUT2D eigenvalue weighted by molar-refractivity contribution is 0.148. The van der Waals surface area contributed by atoms with E-state index in [-0.39, 0.29) is 5.82 Å². The molecule has 1 fully saturated rings. The van der Waals surface area contributed by atoms with Gasteiger partial charge in [-0.3, -0.25) is 9.88 Å². The summed E-state index contributed by atoms with van der Waals surface area (Å²) < 4.78 is 14.8. The number of hydrogen-bond acceptors (Lipinski definition) is 4. The quantitative estimate of drug-likeness (QED) is 0.787. The van der Waals surface area contributed by atoms with Crippen molar-refractivity contribution in [2.75, 3.05) is 39.0 Å². The summed E-state index contributed by atoms with van der Waals surface area (Å²) in [6.07, 6.45) is 1.69. The Morgan fingerprint density at radius 3 is 2.62 bits per heavy atom. The molecule has 1 saturated heterocycles. The smallest absolute Gasteiger partial charge is 0.131 e. The second kappa shape index (κ2) is 7.02. The number of fused-ring (bicyclic) bond motifs is 1.